The lowest BCUT2D eigenvalue weighted by Crippen LogP contribution is -2.42. The molecule has 2 aliphatic heterocycles. The van der Waals surface area contributed by atoms with Crippen LogP contribution in [0.15, 0.2) is 18.2 Å². The zero-order valence-corrected chi connectivity index (χ0v) is 11.3. The first kappa shape index (κ1) is 12.0. The summed E-state index contributed by atoms with van der Waals surface area (Å²) < 4.78 is 5.90. The molecule has 2 fully saturated rings. The van der Waals surface area contributed by atoms with Crippen molar-refractivity contribution in [2.24, 2.45) is 0 Å². The summed E-state index contributed by atoms with van der Waals surface area (Å²) in [5.74, 6) is 0. The molecule has 2 aliphatic rings. The van der Waals surface area contributed by atoms with Gasteiger partial charge in [-0.3, -0.25) is 0 Å². The van der Waals surface area contributed by atoms with Crippen LogP contribution in [0.5, 0.6) is 0 Å². The molecule has 1 aromatic rings. The number of benzene rings is 1. The Morgan fingerprint density at radius 1 is 1.28 bits per heavy atom. The number of morpholine rings is 1. The molecular weight excluding hydrogens is 224 g/mol. The van der Waals surface area contributed by atoms with Crippen LogP contribution in [0.3, 0.4) is 0 Å². The van der Waals surface area contributed by atoms with Gasteiger partial charge in [0, 0.05) is 25.3 Å². The number of fused-ring (bicyclic) bond motifs is 2. The highest BCUT2D eigenvalue weighted by atomic mass is 16.5. The van der Waals surface area contributed by atoms with E-state index in [1.54, 1.807) is 0 Å². The number of hydrogen-bond donors (Lipinski definition) is 1. The monoisotopic (exact) mass is 246 g/mol. The summed E-state index contributed by atoms with van der Waals surface area (Å²) in [5.41, 5.74) is 4.12. The second-order valence-electron chi connectivity index (χ2n) is 5.51. The van der Waals surface area contributed by atoms with Gasteiger partial charge in [0.15, 0.2) is 0 Å². The molecule has 2 atom stereocenters. The van der Waals surface area contributed by atoms with Crippen LogP contribution in [-0.2, 0) is 11.3 Å². The number of rotatable bonds is 3. The minimum Gasteiger partial charge on any atom is -0.371 e. The molecule has 2 unspecified atom stereocenters. The molecule has 3 nitrogen and oxygen atoms in total. The lowest BCUT2D eigenvalue weighted by Gasteiger charge is -2.35. The molecule has 1 N–H and O–H groups in total. The Morgan fingerprint density at radius 3 is 2.61 bits per heavy atom. The molecule has 0 aliphatic carbocycles. The van der Waals surface area contributed by atoms with Gasteiger partial charge in [-0.05, 0) is 44.0 Å². The summed E-state index contributed by atoms with van der Waals surface area (Å²) >= 11 is 0. The van der Waals surface area contributed by atoms with E-state index in [0.717, 1.165) is 19.6 Å². The Labute approximate surface area is 109 Å². The van der Waals surface area contributed by atoms with Crippen molar-refractivity contribution < 1.29 is 4.74 Å². The number of aryl methyl sites for hydroxylation is 1. The zero-order valence-electron chi connectivity index (χ0n) is 11.3. The average molecular weight is 246 g/mol. The van der Waals surface area contributed by atoms with Gasteiger partial charge in [-0.15, -0.1) is 0 Å². The first-order valence-corrected chi connectivity index (χ1v) is 6.91. The molecule has 0 aromatic heterocycles. The highest BCUT2D eigenvalue weighted by Gasteiger charge is 2.34. The first-order valence-electron chi connectivity index (χ1n) is 6.91. The minimum absolute atomic E-state index is 0.458. The van der Waals surface area contributed by atoms with E-state index in [1.165, 1.54) is 29.7 Å². The maximum Gasteiger partial charge on any atom is 0.0755 e. The normalized spacial score (nSPS) is 26.7. The highest BCUT2D eigenvalue weighted by molar-refractivity contribution is 5.55. The van der Waals surface area contributed by atoms with Gasteiger partial charge in [0.05, 0.1) is 12.2 Å². The van der Waals surface area contributed by atoms with Crippen molar-refractivity contribution in [2.45, 2.75) is 38.5 Å². The molecule has 0 amide bonds. The van der Waals surface area contributed by atoms with Gasteiger partial charge in [-0.25, -0.2) is 0 Å². The lowest BCUT2D eigenvalue weighted by atomic mass is 10.1. The van der Waals surface area contributed by atoms with E-state index in [-0.39, 0.29) is 0 Å². The third-order valence-electron chi connectivity index (χ3n) is 4.03. The summed E-state index contributed by atoms with van der Waals surface area (Å²) in [6.45, 7) is 5.27. The van der Waals surface area contributed by atoms with Crippen molar-refractivity contribution in [3.63, 3.8) is 0 Å². The third-order valence-corrected chi connectivity index (χ3v) is 4.03. The highest BCUT2D eigenvalue weighted by Crippen LogP contribution is 2.31. The molecule has 3 rings (SSSR count). The average Bonchev–Trinajstić information content (AvgIpc) is 2.69. The molecule has 3 heteroatoms. The van der Waals surface area contributed by atoms with Crippen LogP contribution in [0.1, 0.15) is 24.0 Å². The van der Waals surface area contributed by atoms with Gasteiger partial charge < -0.3 is 15.0 Å². The zero-order chi connectivity index (χ0) is 12.5. The fraction of sp³-hybridized carbons (Fsp3) is 0.600. The number of ether oxygens (including phenoxy) is 1. The number of nitrogens with zero attached hydrogens (tertiary/aromatic N) is 1. The number of anilines is 1. The predicted molar refractivity (Wildman–Crippen MR) is 74.1 cm³/mol. The largest absolute Gasteiger partial charge is 0.371 e. The van der Waals surface area contributed by atoms with Crippen LogP contribution in [0.2, 0.25) is 0 Å². The predicted octanol–water partition coefficient (Wildman–Crippen LogP) is 2.08. The molecule has 2 heterocycles. The Bertz CT molecular complexity index is 421. The van der Waals surface area contributed by atoms with E-state index in [1.807, 2.05) is 7.05 Å². The van der Waals surface area contributed by atoms with Crippen LogP contribution >= 0.6 is 0 Å². The molecule has 2 bridgehead atoms. The molecule has 0 saturated carbocycles. The summed E-state index contributed by atoms with van der Waals surface area (Å²) in [6, 6.07) is 6.80. The quantitative estimate of drug-likeness (QED) is 0.884. The lowest BCUT2D eigenvalue weighted by molar-refractivity contribution is 0.0304. The molecule has 2 saturated heterocycles. The third kappa shape index (κ3) is 2.25. The van der Waals surface area contributed by atoms with E-state index >= 15 is 0 Å². The molecule has 0 radical (unpaired) electrons. The van der Waals surface area contributed by atoms with Crippen molar-refractivity contribution in [3.05, 3.63) is 29.3 Å². The molecule has 98 valence electrons. The summed E-state index contributed by atoms with van der Waals surface area (Å²) in [5, 5.41) is 3.20. The topological polar surface area (TPSA) is 24.5 Å². The van der Waals surface area contributed by atoms with Gasteiger partial charge in [-0.2, -0.15) is 0 Å². The van der Waals surface area contributed by atoms with Crippen molar-refractivity contribution in [1.29, 1.82) is 0 Å². The maximum absolute atomic E-state index is 5.90. The second-order valence-corrected chi connectivity index (χ2v) is 5.51. The Balaban J connectivity index is 1.79. The second kappa shape index (κ2) is 4.90. The van der Waals surface area contributed by atoms with E-state index < -0.39 is 0 Å². The van der Waals surface area contributed by atoms with Gasteiger partial charge >= 0.3 is 0 Å². The SMILES string of the molecule is CNCc1ccc(N2CC3CCC(C2)O3)c(C)c1. The molecule has 18 heavy (non-hydrogen) atoms. The van der Waals surface area contributed by atoms with Crippen LogP contribution in [0.4, 0.5) is 5.69 Å². The van der Waals surface area contributed by atoms with Crippen LogP contribution in [0.25, 0.3) is 0 Å². The fourth-order valence-electron chi connectivity index (χ4n) is 3.20. The van der Waals surface area contributed by atoms with Gasteiger partial charge in [0.2, 0.25) is 0 Å². The van der Waals surface area contributed by atoms with Gasteiger partial charge in [-0.1, -0.05) is 12.1 Å². The van der Waals surface area contributed by atoms with Gasteiger partial charge in [0.1, 0.15) is 0 Å². The maximum atomic E-state index is 5.90. The Hall–Kier alpha value is -1.06. The van der Waals surface area contributed by atoms with E-state index in [0.29, 0.717) is 12.2 Å². The summed E-state index contributed by atoms with van der Waals surface area (Å²) in [6.07, 6.45) is 3.39. The minimum atomic E-state index is 0.458. The summed E-state index contributed by atoms with van der Waals surface area (Å²) in [4.78, 5) is 2.50. The Kier molecular flexibility index (Phi) is 3.27. The first-order chi connectivity index (χ1) is 8.76. The van der Waals surface area contributed by atoms with Crippen molar-refractivity contribution in [2.75, 3.05) is 25.0 Å². The molecule has 0 spiro atoms. The van der Waals surface area contributed by atoms with Crippen molar-refractivity contribution >= 4 is 5.69 Å². The standard InChI is InChI=1S/C15H22N2O/c1-11-7-12(8-16-2)3-6-15(11)17-9-13-4-5-14(10-17)18-13/h3,6-7,13-14,16H,4-5,8-10H2,1-2H3. The van der Waals surface area contributed by atoms with Crippen LogP contribution in [-0.4, -0.2) is 32.3 Å². The number of nitrogens with one attached hydrogen (secondary N) is 1. The molecule has 1 aromatic carbocycles. The van der Waals surface area contributed by atoms with Gasteiger partial charge in [0.25, 0.3) is 0 Å². The van der Waals surface area contributed by atoms with Crippen molar-refractivity contribution in [1.82, 2.24) is 5.32 Å². The van der Waals surface area contributed by atoms with Crippen LogP contribution in [0, 0.1) is 6.92 Å². The number of hydrogen-bond acceptors (Lipinski definition) is 3. The summed E-state index contributed by atoms with van der Waals surface area (Å²) in [7, 11) is 1.99. The Morgan fingerprint density at radius 2 is 2.00 bits per heavy atom. The van der Waals surface area contributed by atoms with E-state index in [9.17, 15) is 0 Å². The smallest absolute Gasteiger partial charge is 0.0755 e. The molecular formula is C15H22N2O. The fourth-order valence-corrected chi connectivity index (χ4v) is 3.20. The van der Waals surface area contributed by atoms with E-state index in [2.05, 4.69) is 35.3 Å². The van der Waals surface area contributed by atoms with Crippen LogP contribution < -0.4 is 10.2 Å². The van der Waals surface area contributed by atoms with E-state index in [4.69, 9.17) is 4.74 Å². The van der Waals surface area contributed by atoms with Crippen molar-refractivity contribution in [3.8, 4) is 0 Å².